The third kappa shape index (κ3) is 2.12. The monoisotopic (exact) mass is 289 g/mol. The third-order valence-corrected chi connectivity index (χ3v) is 3.30. The quantitative estimate of drug-likeness (QED) is 0.627. The van der Waals surface area contributed by atoms with Crippen LogP contribution in [-0.4, -0.2) is 21.1 Å². The Morgan fingerprint density at radius 1 is 1.48 bits per heavy atom. The summed E-state index contributed by atoms with van der Waals surface area (Å²) < 4.78 is 32.8. The predicted molar refractivity (Wildman–Crippen MR) is 78.1 cm³/mol. The number of carbonyl (C=O) groups excluding carboxylic acids is 2. The molecular weight excluding hydrogens is 270 g/mol. The molecule has 0 saturated heterocycles. The van der Waals surface area contributed by atoms with Crippen molar-refractivity contribution in [1.29, 1.82) is 0 Å². The summed E-state index contributed by atoms with van der Waals surface area (Å²) in [6, 6.07) is 1.85. The Morgan fingerprint density at radius 2 is 2.29 bits per heavy atom. The number of anilines is 1. The Morgan fingerprint density at radius 3 is 3.00 bits per heavy atom. The molecule has 0 aliphatic heterocycles. The number of hydrogen-bond donors (Lipinski definition) is 1. The lowest BCUT2D eigenvalue weighted by atomic mass is 9.92. The van der Waals surface area contributed by atoms with Gasteiger partial charge in [0.1, 0.15) is 11.6 Å². The van der Waals surface area contributed by atoms with Crippen molar-refractivity contribution in [2.75, 3.05) is 5.73 Å². The largest absolute Gasteiger partial charge is 0.398 e. The van der Waals surface area contributed by atoms with Gasteiger partial charge in [0.15, 0.2) is 5.78 Å². The van der Waals surface area contributed by atoms with Gasteiger partial charge in [-0.2, -0.15) is 0 Å². The highest BCUT2D eigenvalue weighted by Crippen LogP contribution is 2.24. The van der Waals surface area contributed by atoms with Crippen molar-refractivity contribution < 1.29 is 15.1 Å². The number of aromatic nitrogens is 2. The molecule has 6 nitrogen and oxygen atoms in total. The van der Waals surface area contributed by atoms with Gasteiger partial charge in [0.2, 0.25) is 0 Å². The highest BCUT2D eigenvalue weighted by atomic mass is 16.2. The van der Waals surface area contributed by atoms with Gasteiger partial charge in [-0.05, 0) is 25.4 Å². The van der Waals surface area contributed by atoms with Gasteiger partial charge in [-0.1, -0.05) is 6.07 Å². The number of rotatable bonds is 1. The van der Waals surface area contributed by atoms with Crippen LogP contribution in [0.1, 0.15) is 36.5 Å². The van der Waals surface area contributed by atoms with E-state index in [9.17, 15) is 14.4 Å². The molecule has 1 saturated carbocycles. The second-order valence-corrected chi connectivity index (χ2v) is 4.75. The van der Waals surface area contributed by atoms with Crippen LogP contribution in [0.15, 0.2) is 23.0 Å². The lowest BCUT2D eigenvalue weighted by Gasteiger charge is -2.24. The standard InChI is InChI=1S/C15H15N3O3/c1-8-17-11-4-2-3-10(16)14(11)15(21)18(8)12-6-5-9(19)7-13(12)20/h2-4,12H,5-7,16H2,1H3/i1D,6D2,12D. The van der Waals surface area contributed by atoms with Crippen molar-refractivity contribution in [3.05, 3.63) is 34.4 Å². The average Bonchev–Trinajstić information content (AvgIpc) is 2.51. The summed E-state index contributed by atoms with van der Waals surface area (Å²) in [5.41, 5.74) is 5.23. The zero-order valence-electron chi connectivity index (χ0n) is 15.0. The van der Waals surface area contributed by atoms with Crippen molar-refractivity contribution >= 4 is 28.2 Å². The first-order valence-electron chi connectivity index (χ1n) is 8.49. The number of aryl methyl sites for hydroxylation is 1. The van der Waals surface area contributed by atoms with Crippen LogP contribution < -0.4 is 11.3 Å². The van der Waals surface area contributed by atoms with Crippen LogP contribution in [0, 0.1) is 6.90 Å². The molecule has 1 aromatic heterocycles. The Balaban J connectivity index is 2.44. The molecule has 6 heteroatoms. The highest BCUT2D eigenvalue weighted by Gasteiger charge is 2.30. The number of benzene rings is 1. The van der Waals surface area contributed by atoms with E-state index < -0.39 is 49.3 Å². The number of fused-ring (bicyclic) bond motifs is 1. The number of carbonyl (C=O) groups is 2. The fourth-order valence-electron chi connectivity index (χ4n) is 2.34. The molecule has 1 fully saturated rings. The second-order valence-electron chi connectivity index (χ2n) is 4.75. The van der Waals surface area contributed by atoms with Crippen LogP contribution in [0.5, 0.6) is 0 Å². The SMILES string of the molecule is [2H]Cc1nc2cccc(N)c2c(=O)n1C1([2H])C(=O)CC(=O)CC1([2H])[2H]. The third-order valence-electron chi connectivity index (χ3n) is 3.30. The molecule has 2 aromatic rings. The Hall–Kier alpha value is -2.50. The topological polar surface area (TPSA) is 95.0 Å². The molecule has 21 heavy (non-hydrogen) atoms. The van der Waals surface area contributed by atoms with Crippen molar-refractivity contribution in [2.45, 2.75) is 32.1 Å². The van der Waals surface area contributed by atoms with Crippen molar-refractivity contribution in [3.8, 4) is 0 Å². The van der Waals surface area contributed by atoms with Gasteiger partial charge < -0.3 is 5.73 Å². The summed E-state index contributed by atoms with van der Waals surface area (Å²) in [6.45, 7) is -0.544. The zero-order valence-corrected chi connectivity index (χ0v) is 11.0. The lowest BCUT2D eigenvalue weighted by Crippen LogP contribution is -2.36. The Bertz CT molecular complexity index is 972. The van der Waals surface area contributed by atoms with E-state index in [0.29, 0.717) is 4.57 Å². The maximum atomic E-state index is 13.0. The van der Waals surface area contributed by atoms with Crippen molar-refractivity contribution in [3.63, 3.8) is 0 Å². The summed E-state index contributed by atoms with van der Waals surface area (Å²) in [7, 11) is 0. The molecule has 1 heterocycles. The van der Waals surface area contributed by atoms with Gasteiger partial charge >= 0.3 is 0 Å². The molecule has 0 spiro atoms. The number of ketones is 2. The first-order valence-corrected chi connectivity index (χ1v) is 6.28. The fourth-order valence-corrected chi connectivity index (χ4v) is 2.34. The van der Waals surface area contributed by atoms with Crippen molar-refractivity contribution in [1.82, 2.24) is 9.55 Å². The molecule has 1 aliphatic rings. The molecule has 1 aliphatic carbocycles. The zero-order chi connectivity index (χ0) is 18.6. The van der Waals surface area contributed by atoms with E-state index in [1.807, 2.05) is 0 Å². The molecule has 0 amide bonds. The number of nitrogens with zero attached hydrogens (tertiary/aromatic N) is 2. The summed E-state index contributed by atoms with van der Waals surface area (Å²) >= 11 is 0. The van der Waals surface area contributed by atoms with Gasteiger partial charge in [-0.3, -0.25) is 19.0 Å². The maximum Gasteiger partial charge on any atom is 0.264 e. The molecule has 1 unspecified atom stereocenters. The number of nitrogen functional groups attached to an aromatic ring is 1. The highest BCUT2D eigenvalue weighted by molar-refractivity contribution is 6.03. The van der Waals surface area contributed by atoms with Crippen LogP contribution in [0.3, 0.4) is 0 Å². The Kier molecular flexibility index (Phi) is 2.16. The van der Waals surface area contributed by atoms with Gasteiger partial charge in [-0.15, -0.1) is 0 Å². The van der Waals surface area contributed by atoms with Crippen LogP contribution in [0.2, 0.25) is 0 Å². The smallest absolute Gasteiger partial charge is 0.264 e. The van der Waals surface area contributed by atoms with E-state index in [2.05, 4.69) is 4.98 Å². The molecule has 3 rings (SSSR count). The summed E-state index contributed by atoms with van der Waals surface area (Å²) in [5.74, 6) is -1.91. The van der Waals surface area contributed by atoms with Gasteiger partial charge in [0.25, 0.3) is 5.56 Å². The maximum absolute atomic E-state index is 13.0. The van der Waals surface area contributed by atoms with E-state index in [1.54, 1.807) is 6.07 Å². The van der Waals surface area contributed by atoms with E-state index in [0.717, 1.165) is 0 Å². The van der Waals surface area contributed by atoms with E-state index in [-0.39, 0.29) is 22.4 Å². The molecule has 108 valence electrons. The van der Waals surface area contributed by atoms with E-state index in [1.165, 1.54) is 12.1 Å². The van der Waals surface area contributed by atoms with Crippen molar-refractivity contribution in [2.24, 2.45) is 0 Å². The number of hydrogen-bond acceptors (Lipinski definition) is 5. The summed E-state index contributed by atoms with van der Waals surface area (Å²) in [5, 5.41) is -0.0492. The van der Waals surface area contributed by atoms with Gasteiger partial charge in [-0.25, -0.2) is 4.98 Å². The summed E-state index contributed by atoms with van der Waals surface area (Å²) in [6.07, 6.45) is -3.93. The van der Waals surface area contributed by atoms with Gasteiger partial charge in [0.05, 0.1) is 24.7 Å². The summed E-state index contributed by atoms with van der Waals surface area (Å²) in [4.78, 5) is 41.2. The average molecular weight is 289 g/mol. The minimum absolute atomic E-state index is 0.0492. The molecule has 2 N–H and O–H groups in total. The van der Waals surface area contributed by atoms with E-state index >= 15 is 0 Å². The first kappa shape index (κ1) is 9.44. The minimum Gasteiger partial charge on any atom is -0.398 e. The lowest BCUT2D eigenvalue weighted by molar-refractivity contribution is -0.132. The first-order chi connectivity index (χ1) is 11.6. The van der Waals surface area contributed by atoms with Gasteiger partial charge in [0, 0.05) is 16.2 Å². The minimum atomic E-state index is -2.68. The van der Waals surface area contributed by atoms with Crippen LogP contribution >= 0.6 is 0 Å². The second kappa shape index (κ2) is 4.80. The molecule has 1 aromatic carbocycles. The van der Waals surface area contributed by atoms with E-state index in [4.69, 9.17) is 11.2 Å². The molecule has 1 atom stereocenters. The predicted octanol–water partition coefficient (Wildman–Crippen LogP) is 1.15. The number of nitrogens with two attached hydrogens (primary N) is 1. The van der Waals surface area contributed by atoms with Crippen LogP contribution in [0.4, 0.5) is 5.69 Å². The van der Waals surface area contributed by atoms with Crippen LogP contribution in [0.25, 0.3) is 10.9 Å². The molecule has 0 radical (unpaired) electrons. The Labute approximate surface area is 126 Å². The van der Waals surface area contributed by atoms with Crippen LogP contribution in [-0.2, 0) is 9.59 Å². The fraction of sp³-hybridized carbons (Fsp3) is 0.333. The number of Topliss-reactive ketones (excluding diaryl/α,β-unsaturated/α-hetero) is 2. The molecule has 0 bridgehead atoms. The molecular formula is C15H15N3O3. The normalized spacial score (nSPS) is 27.8.